The van der Waals surface area contributed by atoms with Crippen LogP contribution < -0.4 is 0 Å². The molecule has 0 aliphatic heterocycles. The van der Waals surface area contributed by atoms with Crippen molar-refractivity contribution >= 4 is 5.97 Å². The molecule has 5 nitrogen and oxygen atoms in total. The highest BCUT2D eigenvalue weighted by Gasteiger charge is 2.56. The van der Waals surface area contributed by atoms with E-state index in [9.17, 15) is 20.1 Å². The fourth-order valence-electron chi connectivity index (χ4n) is 7.42. The van der Waals surface area contributed by atoms with Gasteiger partial charge in [0.05, 0.1) is 30.3 Å². The first kappa shape index (κ1) is 28.3. The van der Waals surface area contributed by atoms with Crippen molar-refractivity contribution in [1.29, 1.82) is 0 Å². The van der Waals surface area contributed by atoms with E-state index in [0.29, 0.717) is 50.0 Å². The Balaban J connectivity index is 1.42. The van der Waals surface area contributed by atoms with E-state index in [-0.39, 0.29) is 11.4 Å². The lowest BCUT2D eigenvalue weighted by Gasteiger charge is -2.44. The van der Waals surface area contributed by atoms with Crippen molar-refractivity contribution in [2.45, 2.75) is 110 Å². The van der Waals surface area contributed by atoms with E-state index >= 15 is 0 Å². The Morgan fingerprint density at radius 3 is 2.65 bits per heavy atom. The van der Waals surface area contributed by atoms with Gasteiger partial charge < -0.3 is 20.1 Å². The maximum absolute atomic E-state index is 12.6. The summed E-state index contributed by atoms with van der Waals surface area (Å²) < 4.78 is 5.44. The molecule has 4 fully saturated rings. The topological polar surface area (TPSA) is 87.0 Å². The molecule has 0 aromatic heterocycles. The van der Waals surface area contributed by atoms with Crippen LogP contribution in [-0.2, 0) is 9.53 Å². The smallest absolute Gasteiger partial charge is 0.315 e. The molecule has 206 valence electrons. The summed E-state index contributed by atoms with van der Waals surface area (Å²) in [5.74, 6) is 1.13. The van der Waals surface area contributed by atoms with Crippen molar-refractivity contribution in [3.63, 3.8) is 0 Å². The normalized spacial score (nSPS) is 37.1. The third kappa shape index (κ3) is 5.84. The lowest BCUT2D eigenvalue weighted by Crippen LogP contribution is -2.36. The fraction of sp³-hybridized carbons (Fsp3) is 0.719. The zero-order chi connectivity index (χ0) is 26.8. The van der Waals surface area contributed by atoms with Crippen LogP contribution in [0, 0.1) is 28.6 Å². The fourth-order valence-corrected chi connectivity index (χ4v) is 7.42. The molecule has 0 saturated heterocycles. The number of fused-ring (bicyclic) bond motifs is 1. The molecule has 0 aromatic carbocycles. The average molecular weight is 513 g/mol. The number of carbonyl (C=O) groups excluding carboxylic acids is 1. The number of aliphatic hydroxyl groups excluding tert-OH is 3. The van der Waals surface area contributed by atoms with Gasteiger partial charge in [-0.3, -0.25) is 4.79 Å². The molecule has 5 heteroatoms. The highest BCUT2D eigenvalue weighted by Crippen LogP contribution is 2.59. The summed E-state index contributed by atoms with van der Waals surface area (Å²) >= 11 is 0. The Bertz CT molecular complexity index is 941. The molecule has 4 aliphatic carbocycles. The van der Waals surface area contributed by atoms with Gasteiger partial charge >= 0.3 is 5.97 Å². The zero-order valence-corrected chi connectivity index (χ0v) is 23.1. The Morgan fingerprint density at radius 1 is 1.19 bits per heavy atom. The van der Waals surface area contributed by atoms with Crippen LogP contribution in [0.4, 0.5) is 0 Å². The van der Waals surface area contributed by atoms with E-state index in [2.05, 4.69) is 45.6 Å². The van der Waals surface area contributed by atoms with Gasteiger partial charge in [-0.25, -0.2) is 0 Å². The van der Waals surface area contributed by atoms with Crippen molar-refractivity contribution in [3.8, 4) is 0 Å². The quantitative estimate of drug-likeness (QED) is 0.206. The van der Waals surface area contributed by atoms with E-state index in [1.807, 2.05) is 6.08 Å². The lowest BCUT2D eigenvalue weighted by molar-refractivity contribution is -0.153. The average Bonchev–Trinajstić information content (AvgIpc) is 3.60. The van der Waals surface area contributed by atoms with Crippen LogP contribution in [0.5, 0.6) is 0 Å². The molecule has 7 atom stereocenters. The van der Waals surface area contributed by atoms with Crippen LogP contribution in [0.25, 0.3) is 0 Å². The first-order valence-corrected chi connectivity index (χ1v) is 14.6. The largest absolute Gasteiger partial charge is 0.465 e. The van der Waals surface area contributed by atoms with Gasteiger partial charge in [0.2, 0.25) is 0 Å². The summed E-state index contributed by atoms with van der Waals surface area (Å²) in [4.78, 5) is 12.6. The predicted molar refractivity (Wildman–Crippen MR) is 147 cm³/mol. The summed E-state index contributed by atoms with van der Waals surface area (Å²) in [7, 11) is 0. The van der Waals surface area contributed by atoms with E-state index in [1.54, 1.807) is 0 Å². The van der Waals surface area contributed by atoms with Crippen LogP contribution in [0.2, 0.25) is 0 Å². The summed E-state index contributed by atoms with van der Waals surface area (Å²) in [6, 6.07) is 0. The molecular weight excluding hydrogens is 464 g/mol. The molecule has 0 amide bonds. The van der Waals surface area contributed by atoms with Crippen molar-refractivity contribution < 1.29 is 24.9 Å². The van der Waals surface area contributed by atoms with Crippen molar-refractivity contribution in [1.82, 2.24) is 0 Å². The van der Waals surface area contributed by atoms with Crippen molar-refractivity contribution in [2.24, 2.45) is 28.6 Å². The monoisotopic (exact) mass is 512 g/mol. The minimum absolute atomic E-state index is 0.205. The van der Waals surface area contributed by atoms with Gasteiger partial charge in [0.1, 0.15) is 0 Å². The molecule has 4 saturated carbocycles. The van der Waals surface area contributed by atoms with Gasteiger partial charge in [-0.15, -0.1) is 0 Å². The molecular formula is C32H48O5. The number of carbonyl (C=O) groups is 1. The summed E-state index contributed by atoms with van der Waals surface area (Å²) in [5.41, 5.74) is 2.66. The van der Waals surface area contributed by atoms with Gasteiger partial charge in [-0.1, -0.05) is 63.6 Å². The number of unbranched alkanes of at least 4 members (excludes halogenated alkanes) is 1. The highest BCUT2D eigenvalue weighted by molar-refractivity contribution is 5.81. The summed E-state index contributed by atoms with van der Waals surface area (Å²) in [6.45, 7) is 11.3. The molecule has 37 heavy (non-hydrogen) atoms. The molecule has 3 N–H and O–H groups in total. The van der Waals surface area contributed by atoms with Crippen molar-refractivity contribution in [3.05, 3.63) is 47.6 Å². The van der Waals surface area contributed by atoms with E-state index < -0.39 is 23.7 Å². The van der Waals surface area contributed by atoms with E-state index in [0.717, 1.165) is 49.7 Å². The molecule has 4 rings (SSSR count). The Labute approximate surface area is 223 Å². The van der Waals surface area contributed by atoms with Crippen LogP contribution in [0.1, 0.15) is 91.4 Å². The lowest BCUT2D eigenvalue weighted by atomic mass is 9.61. The third-order valence-electron chi connectivity index (χ3n) is 10.0. The van der Waals surface area contributed by atoms with Crippen molar-refractivity contribution in [2.75, 3.05) is 6.61 Å². The molecule has 0 heterocycles. The molecule has 0 unspecified atom stereocenters. The molecule has 0 bridgehead atoms. The first-order chi connectivity index (χ1) is 17.6. The first-order valence-electron chi connectivity index (χ1n) is 14.6. The molecule has 4 aliphatic rings. The minimum Gasteiger partial charge on any atom is -0.465 e. The summed E-state index contributed by atoms with van der Waals surface area (Å²) in [6.07, 6.45) is 16.4. The standard InChI is InChI=1S/C32H48O5/c1-5-6-18-37-30(36)32(16-17-32)29(35)14-9-21(2)26-12-13-27-23(8-7-15-31(26,27)4)10-11-24-19-25(33)20-28(34)22(24)3/h9-11,14,21,25-29,33-35H,3,5-8,12-13,15-20H2,1-2,4H3/t21-,25-,26-,27+,28+,29-,31-/m1/s1. The van der Waals surface area contributed by atoms with Gasteiger partial charge in [0.15, 0.2) is 0 Å². The zero-order valence-electron chi connectivity index (χ0n) is 23.1. The van der Waals surface area contributed by atoms with E-state index in [4.69, 9.17) is 4.74 Å². The number of ether oxygens (including phenoxy) is 1. The van der Waals surface area contributed by atoms with Gasteiger partial charge in [-0.05, 0) is 92.1 Å². The maximum atomic E-state index is 12.6. The Hall–Kier alpha value is -1.69. The van der Waals surface area contributed by atoms with Crippen LogP contribution in [-0.4, -0.2) is 46.2 Å². The molecule has 0 spiro atoms. The third-order valence-corrected chi connectivity index (χ3v) is 10.0. The highest BCUT2D eigenvalue weighted by atomic mass is 16.5. The maximum Gasteiger partial charge on any atom is 0.315 e. The molecule has 0 radical (unpaired) electrons. The second-order valence-electron chi connectivity index (χ2n) is 12.5. The second kappa shape index (κ2) is 11.6. The number of aliphatic hydroxyl groups is 3. The van der Waals surface area contributed by atoms with Crippen LogP contribution >= 0.6 is 0 Å². The van der Waals surface area contributed by atoms with E-state index in [1.165, 1.54) is 12.0 Å². The second-order valence-corrected chi connectivity index (χ2v) is 12.5. The van der Waals surface area contributed by atoms with Gasteiger partial charge in [0, 0.05) is 6.42 Å². The minimum atomic E-state index is -0.781. The van der Waals surface area contributed by atoms with Crippen LogP contribution in [0.15, 0.2) is 47.6 Å². The van der Waals surface area contributed by atoms with Crippen LogP contribution in [0.3, 0.4) is 0 Å². The number of allylic oxidation sites excluding steroid dienone is 4. The Kier molecular flexibility index (Phi) is 8.87. The number of hydrogen-bond acceptors (Lipinski definition) is 5. The SMILES string of the molecule is C=C1C(=CC=C2CCC[C@]3(C)[C@@H]([C@H](C)C=C[C@@H](O)C4(C(=O)OCCCC)CC4)CC[C@@H]23)C[C@@H](O)C[C@@H]1O. The number of hydrogen-bond donors (Lipinski definition) is 3. The predicted octanol–water partition coefficient (Wildman–Crippen LogP) is 5.80. The molecule has 0 aromatic rings. The number of rotatable bonds is 9. The Morgan fingerprint density at radius 2 is 1.95 bits per heavy atom. The van der Waals surface area contributed by atoms with Gasteiger partial charge in [0.25, 0.3) is 0 Å². The summed E-state index contributed by atoms with van der Waals surface area (Å²) in [5, 5.41) is 31.2. The number of esters is 1. The van der Waals surface area contributed by atoms with Gasteiger partial charge in [-0.2, -0.15) is 0 Å².